The van der Waals surface area contributed by atoms with Crippen molar-refractivity contribution in [2.75, 3.05) is 18.8 Å². The van der Waals surface area contributed by atoms with Gasteiger partial charge in [-0.25, -0.2) is 12.7 Å². The average molecular weight is 249 g/mol. The first kappa shape index (κ1) is 13.4. The number of hydrogen-bond donors (Lipinski definition) is 1. The predicted octanol–water partition coefficient (Wildman–Crippen LogP) is 0.913. The normalized spacial score (nSPS) is 22.4. The fraction of sp³-hybridized carbons (Fsp3) is 0.900. The van der Waals surface area contributed by atoms with Crippen LogP contribution in [0.5, 0.6) is 0 Å². The third-order valence-corrected chi connectivity index (χ3v) is 4.94. The smallest absolute Gasteiger partial charge is 0.303 e. The Morgan fingerprint density at radius 2 is 2.19 bits per heavy atom. The zero-order valence-electron chi connectivity index (χ0n) is 9.55. The van der Waals surface area contributed by atoms with Gasteiger partial charge >= 0.3 is 5.97 Å². The Hall–Kier alpha value is -0.620. The van der Waals surface area contributed by atoms with Crippen LogP contribution < -0.4 is 0 Å². The second-order valence-corrected chi connectivity index (χ2v) is 6.32. The van der Waals surface area contributed by atoms with Crippen molar-refractivity contribution in [1.29, 1.82) is 0 Å². The van der Waals surface area contributed by atoms with Crippen molar-refractivity contribution in [3.63, 3.8) is 0 Å². The lowest BCUT2D eigenvalue weighted by Crippen LogP contribution is -2.31. The molecule has 1 heterocycles. The summed E-state index contributed by atoms with van der Waals surface area (Å²) in [5.41, 5.74) is 0. The lowest BCUT2D eigenvalue weighted by molar-refractivity contribution is -0.137. The quantitative estimate of drug-likeness (QED) is 0.759. The van der Waals surface area contributed by atoms with E-state index in [1.54, 1.807) is 0 Å². The van der Waals surface area contributed by atoms with Crippen LogP contribution in [0.2, 0.25) is 0 Å². The summed E-state index contributed by atoms with van der Waals surface area (Å²) < 4.78 is 25.1. The Labute approximate surface area is 96.5 Å². The van der Waals surface area contributed by atoms with E-state index in [1.807, 2.05) is 0 Å². The number of sulfonamides is 1. The van der Waals surface area contributed by atoms with Crippen LogP contribution in [-0.4, -0.2) is 42.6 Å². The number of rotatable bonds is 6. The first-order chi connectivity index (χ1) is 7.45. The second kappa shape index (κ2) is 5.63. The van der Waals surface area contributed by atoms with Crippen LogP contribution in [-0.2, 0) is 14.8 Å². The van der Waals surface area contributed by atoms with E-state index < -0.39 is 16.0 Å². The topological polar surface area (TPSA) is 74.7 Å². The molecule has 1 atom stereocenters. The third-order valence-electron chi connectivity index (χ3n) is 3.01. The Balaban J connectivity index is 2.42. The van der Waals surface area contributed by atoms with Crippen molar-refractivity contribution in [2.24, 2.45) is 5.92 Å². The molecule has 1 aliphatic rings. The Kier molecular flexibility index (Phi) is 4.73. The van der Waals surface area contributed by atoms with E-state index >= 15 is 0 Å². The van der Waals surface area contributed by atoms with Gasteiger partial charge in [0.2, 0.25) is 10.0 Å². The van der Waals surface area contributed by atoms with Crippen molar-refractivity contribution < 1.29 is 18.3 Å². The largest absolute Gasteiger partial charge is 0.481 e. The maximum Gasteiger partial charge on any atom is 0.303 e. The zero-order chi connectivity index (χ0) is 12.2. The minimum atomic E-state index is -3.23. The van der Waals surface area contributed by atoms with Gasteiger partial charge in [-0.05, 0) is 18.8 Å². The fourth-order valence-corrected chi connectivity index (χ4v) is 3.51. The number of aliphatic carboxylic acids is 1. The van der Waals surface area contributed by atoms with Crippen LogP contribution in [0.3, 0.4) is 0 Å². The first-order valence-electron chi connectivity index (χ1n) is 5.65. The van der Waals surface area contributed by atoms with Gasteiger partial charge in [0.25, 0.3) is 0 Å². The molecule has 0 bridgehead atoms. The molecule has 1 N–H and O–H groups in total. The van der Waals surface area contributed by atoms with Gasteiger partial charge in [-0.2, -0.15) is 0 Å². The molecule has 1 rings (SSSR count). The Morgan fingerprint density at radius 3 is 2.69 bits per heavy atom. The summed E-state index contributed by atoms with van der Waals surface area (Å²) in [6.07, 6.45) is 2.05. The van der Waals surface area contributed by atoms with Crippen molar-refractivity contribution >= 4 is 16.0 Å². The van der Waals surface area contributed by atoms with Crippen LogP contribution in [0.15, 0.2) is 0 Å². The summed E-state index contributed by atoms with van der Waals surface area (Å²) in [5, 5.41) is 8.45. The monoisotopic (exact) mass is 249 g/mol. The van der Waals surface area contributed by atoms with E-state index in [4.69, 9.17) is 5.11 Å². The Bertz CT molecular complexity index is 339. The number of nitrogens with zero attached hydrogens (tertiary/aromatic N) is 1. The number of carboxylic acid groups (broad SMARTS) is 1. The first-order valence-corrected chi connectivity index (χ1v) is 7.26. The summed E-state index contributed by atoms with van der Waals surface area (Å²) in [6, 6.07) is 0. The van der Waals surface area contributed by atoms with E-state index in [-0.39, 0.29) is 18.6 Å². The molecule has 6 heteroatoms. The molecule has 0 aromatic heterocycles. The highest BCUT2D eigenvalue weighted by Crippen LogP contribution is 2.22. The van der Waals surface area contributed by atoms with Crippen molar-refractivity contribution in [2.45, 2.75) is 32.6 Å². The Morgan fingerprint density at radius 1 is 1.50 bits per heavy atom. The molecule has 1 saturated heterocycles. The van der Waals surface area contributed by atoms with Gasteiger partial charge < -0.3 is 5.11 Å². The van der Waals surface area contributed by atoms with Crippen LogP contribution in [0.1, 0.15) is 32.6 Å². The van der Waals surface area contributed by atoms with Crippen LogP contribution in [0.25, 0.3) is 0 Å². The standard InChI is InChI=1S/C10H19NO4S/c1-2-9-5-6-11(8-9)16(14,15)7-3-4-10(12)13/h9H,2-8H2,1H3,(H,12,13). The maximum atomic E-state index is 11.8. The zero-order valence-corrected chi connectivity index (χ0v) is 10.4. The molecule has 1 fully saturated rings. The third kappa shape index (κ3) is 3.75. The van der Waals surface area contributed by atoms with Crippen LogP contribution in [0.4, 0.5) is 0 Å². The highest BCUT2D eigenvalue weighted by molar-refractivity contribution is 7.89. The molecule has 0 spiro atoms. The SMILES string of the molecule is CCC1CCN(S(=O)(=O)CCCC(=O)O)C1. The van der Waals surface area contributed by atoms with Gasteiger partial charge in [-0.3, -0.25) is 4.79 Å². The molecule has 94 valence electrons. The molecule has 0 aromatic carbocycles. The molecule has 0 aromatic rings. The summed E-state index contributed by atoms with van der Waals surface area (Å²) >= 11 is 0. The van der Waals surface area contributed by atoms with Gasteiger partial charge in [0, 0.05) is 19.5 Å². The molecule has 1 unspecified atom stereocenters. The molecular formula is C10H19NO4S. The van der Waals surface area contributed by atoms with Gasteiger partial charge in [0.05, 0.1) is 5.75 Å². The van der Waals surface area contributed by atoms with Gasteiger partial charge in [0.1, 0.15) is 0 Å². The van der Waals surface area contributed by atoms with Gasteiger partial charge in [-0.1, -0.05) is 13.3 Å². The average Bonchev–Trinajstić information content (AvgIpc) is 2.65. The molecular weight excluding hydrogens is 230 g/mol. The highest BCUT2D eigenvalue weighted by atomic mass is 32.2. The van der Waals surface area contributed by atoms with E-state index in [9.17, 15) is 13.2 Å². The fourth-order valence-electron chi connectivity index (χ4n) is 1.92. The van der Waals surface area contributed by atoms with E-state index in [0.717, 1.165) is 12.8 Å². The van der Waals surface area contributed by atoms with Crippen molar-refractivity contribution in [3.8, 4) is 0 Å². The van der Waals surface area contributed by atoms with Gasteiger partial charge in [-0.15, -0.1) is 0 Å². The van der Waals surface area contributed by atoms with Crippen LogP contribution >= 0.6 is 0 Å². The summed E-state index contributed by atoms with van der Waals surface area (Å²) in [6.45, 7) is 3.25. The summed E-state index contributed by atoms with van der Waals surface area (Å²) in [5.74, 6) is -0.521. The molecule has 16 heavy (non-hydrogen) atoms. The van der Waals surface area contributed by atoms with Crippen molar-refractivity contribution in [3.05, 3.63) is 0 Å². The van der Waals surface area contributed by atoms with E-state index in [1.165, 1.54) is 4.31 Å². The van der Waals surface area contributed by atoms with Gasteiger partial charge in [0.15, 0.2) is 0 Å². The van der Waals surface area contributed by atoms with Crippen LogP contribution in [0, 0.1) is 5.92 Å². The number of carboxylic acids is 1. The lowest BCUT2D eigenvalue weighted by atomic mass is 10.1. The highest BCUT2D eigenvalue weighted by Gasteiger charge is 2.29. The minimum absolute atomic E-state index is 0.0459. The van der Waals surface area contributed by atoms with E-state index in [2.05, 4.69) is 6.92 Å². The molecule has 0 aliphatic carbocycles. The summed E-state index contributed by atoms with van der Waals surface area (Å²) in [7, 11) is -3.23. The lowest BCUT2D eigenvalue weighted by Gasteiger charge is -2.15. The maximum absolute atomic E-state index is 11.8. The van der Waals surface area contributed by atoms with E-state index in [0.29, 0.717) is 19.0 Å². The summed E-state index contributed by atoms with van der Waals surface area (Å²) in [4.78, 5) is 10.3. The second-order valence-electron chi connectivity index (χ2n) is 4.23. The molecule has 5 nitrogen and oxygen atoms in total. The molecule has 0 saturated carbocycles. The molecule has 1 aliphatic heterocycles. The molecule has 0 radical (unpaired) electrons. The number of carbonyl (C=O) groups is 1. The number of hydrogen-bond acceptors (Lipinski definition) is 3. The minimum Gasteiger partial charge on any atom is -0.481 e. The predicted molar refractivity (Wildman–Crippen MR) is 60.6 cm³/mol. The molecule has 0 amide bonds. The van der Waals surface area contributed by atoms with Crippen molar-refractivity contribution in [1.82, 2.24) is 4.31 Å².